The fourth-order valence-corrected chi connectivity index (χ4v) is 2.11. The van der Waals surface area contributed by atoms with Crippen molar-refractivity contribution >= 4 is 9.84 Å². The molecule has 88 valence electrons. The van der Waals surface area contributed by atoms with Gasteiger partial charge in [0.25, 0.3) is 0 Å². The molecule has 0 aromatic heterocycles. The van der Waals surface area contributed by atoms with Gasteiger partial charge in [-0.1, -0.05) is 37.1 Å². The molecule has 2 nitrogen and oxygen atoms in total. The van der Waals surface area contributed by atoms with Crippen molar-refractivity contribution in [2.75, 3.05) is 11.5 Å². The number of hydrogen-bond donors (Lipinski definition) is 0. The van der Waals surface area contributed by atoms with E-state index in [0.29, 0.717) is 0 Å². The smallest absolute Gasteiger partial charge is 0.157 e. The van der Waals surface area contributed by atoms with E-state index in [-0.39, 0.29) is 11.5 Å². The Labute approximate surface area is 94.0 Å². The standard InChI is InChI=1S/C12H22O2S/c1-5-11(3)7-9-15(13,14)10-8-12(4)6-2/h7-8H,5-6,9-10H2,1-4H3. The quantitative estimate of drug-likeness (QED) is 0.657. The summed E-state index contributed by atoms with van der Waals surface area (Å²) in [6.07, 6.45) is 5.45. The highest BCUT2D eigenvalue weighted by atomic mass is 32.2. The summed E-state index contributed by atoms with van der Waals surface area (Å²) in [4.78, 5) is 0. The second-order valence-electron chi connectivity index (χ2n) is 3.88. The Bertz CT molecular complexity index is 307. The summed E-state index contributed by atoms with van der Waals surface area (Å²) in [6.45, 7) is 7.98. The molecule has 0 fully saturated rings. The van der Waals surface area contributed by atoms with Crippen LogP contribution >= 0.6 is 0 Å². The number of hydrogen-bond acceptors (Lipinski definition) is 2. The highest BCUT2D eigenvalue weighted by Gasteiger charge is 2.06. The second-order valence-corrected chi connectivity index (χ2v) is 6.04. The van der Waals surface area contributed by atoms with Crippen LogP contribution in [0.4, 0.5) is 0 Å². The molecule has 0 aliphatic heterocycles. The molecule has 0 atom stereocenters. The lowest BCUT2D eigenvalue weighted by Crippen LogP contribution is -2.08. The summed E-state index contributed by atoms with van der Waals surface area (Å²) >= 11 is 0. The van der Waals surface area contributed by atoms with Gasteiger partial charge in [0.15, 0.2) is 9.84 Å². The lowest BCUT2D eigenvalue weighted by Gasteiger charge is -2.00. The van der Waals surface area contributed by atoms with E-state index in [4.69, 9.17) is 0 Å². The van der Waals surface area contributed by atoms with Crippen molar-refractivity contribution < 1.29 is 8.42 Å². The van der Waals surface area contributed by atoms with Crippen LogP contribution in [0.1, 0.15) is 40.5 Å². The van der Waals surface area contributed by atoms with Crippen LogP contribution in [-0.4, -0.2) is 19.9 Å². The molecule has 15 heavy (non-hydrogen) atoms. The van der Waals surface area contributed by atoms with Gasteiger partial charge in [-0.2, -0.15) is 0 Å². The first-order chi connectivity index (χ1) is 6.91. The molecule has 0 spiro atoms. The van der Waals surface area contributed by atoms with Gasteiger partial charge in [0.2, 0.25) is 0 Å². The molecule has 0 saturated heterocycles. The number of rotatable bonds is 6. The lowest BCUT2D eigenvalue weighted by molar-refractivity contribution is 0.601. The van der Waals surface area contributed by atoms with Crippen molar-refractivity contribution in [3.05, 3.63) is 23.3 Å². The van der Waals surface area contributed by atoms with Crippen LogP contribution in [0.3, 0.4) is 0 Å². The summed E-state index contributed by atoms with van der Waals surface area (Å²) in [6, 6.07) is 0. The van der Waals surface area contributed by atoms with Gasteiger partial charge in [0.05, 0.1) is 11.5 Å². The average molecular weight is 230 g/mol. The maximum absolute atomic E-state index is 11.6. The van der Waals surface area contributed by atoms with Crippen LogP contribution in [0.5, 0.6) is 0 Å². The summed E-state index contributed by atoms with van der Waals surface area (Å²) in [5.74, 6) is 0.334. The molecule has 0 unspecified atom stereocenters. The van der Waals surface area contributed by atoms with E-state index >= 15 is 0 Å². The Hall–Kier alpha value is -0.570. The molecule has 0 aromatic carbocycles. The molecule has 0 saturated carbocycles. The molecular formula is C12H22O2S. The first-order valence-electron chi connectivity index (χ1n) is 5.43. The lowest BCUT2D eigenvalue weighted by atomic mass is 10.2. The van der Waals surface area contributed by atoms with Gasteiger partial charge in [0.1, 0.15) is 0 Å². The van der Waals surface area contributed by atoms with Crippen LogP contribution in [0.25, 0.3) is 0 Å². The topological polar surface area (TPSA) is 34.1 Å². The highest BCUT2D eigenvalue weighted by Crippen LogP contribution is 2.03. The van der Waals surface area contributed by atoms with E-state index in [1.165, 1.54) is 0 Å². The van der Waals surface area contributed by atoms with Crippen molar-refractivity contribution in [3.8, 4) is 0 Å². The van der Waals surface area contributed by atoms with Gasteiger partial charge >= 0.3 is 0 Å². The maximum atomic E-state index is 11.6. The van der Waals surface area contributed by atoms with Crippen LogP contribution in [-0.2, 0) is 9.84 Å². The molecule has 0 aromatic rings. The van der Waals surface area contributed by atoms with E-state index in [0.717, 1.165) is 24.0 Å². The molecule has 0 rings (SSSR count). The van der Waals surface area contributed by atoms with E-state index in [1.54, 1.807) is 0 Å². The zero-order chi connectivity index (χ0) is 11.9. The fraction of sp³-hybridized carbons (Fsp3) is 0.667. The Morgan fingerprint density at radius 1 is 0.933 bits per heavy atom. The minimum atomic E-state index is -2.94. The van der Waals surface area contributed by atoms with Crippen LogP contribution in [0.2, 0.25) is 0 Å². The third-order valence-corrected chi connectivity index (χ3v) is 3.84. The van der Waals surface area contributed by atoms with Crippen molar-refractivity contribution in [3.63, 3.8) is 0 Å². The first kappa shape index (κ1) is 14.4. The molecule has 0 aliphatic carbocycles. The first-order valence-corrected chi connectivity index (χ1v) is 7.25. The fourth-order valence-electron chi connectivity index (χ4n) is 0.895. The molecule has 0 bridgehead atoms. The monoisotopic (exact) mass is 230 g/mol. The predicted molar refractivity (Wildman–Crippen MR) is 66.7 cm³/mol. The summed E-state index contributed by atoms with van der Waals surface area (Å²) < 4.78 is 23.2. The normalized spacial score (nSPS) is 14.4. The third-order valence-electron chi connectivity index (χ3n) is 2.49. The summed E-state index contributed by atoms with van der Waals surface area (Å²) in [5.41, 5.74) is 2.27. The van der Waals surface area contributed by atoms with E-state index in [9.17, 15) is 8.42 Å². The molecular weight excluding hydrogens is 208 g/mol. The molecule has 0 aliphatic rings. The van der Waals surface area contributed by atoms with E-state index in [2.05, 4.69) is 0 Å². The second kappa shape index (κ2) is 6.83. The Balaban J connectivity index is 4.33. The summed E-state index contributed by atoms with van der Waals surface area (Å²) in [7, 11) is -2.94. The van der Waals surface area contributed by atoms with Gasteiger partial charge in [-0.25, -0.2) is 8.42 Å². The van der Waals surface area contributed by atoms with Crippen molar-refractivity contribution in [2.45, 2.75) is 40.5 Å². The van der Waals surface area contributed by atoms with E-state index in [1.807, 2.05) is 39.8 Å². The van der Waals surface area contributed by atoms with Gasteiger partial charge < -0.3 is 0 Å². The van der Waals surface area contributed by atoms with Gasteiger partial charge in [-0.05, 0) is 26.7 Å². The minimum absolute atomic E-state index is 0.167. The molecule has 0 N–H and O–H groups in total. The predicted octanol–water partition coefficient (Wildman–Crippen LogP) is 3.11. The average Bonchev–Trinajstić information content (AvgIpc) is 2.22. The SMILES string of the molecule is CCC(C)=CCS(=O)(=O)CC=C(C)CC. The molecule has 3 heteroatoms. The Morgan fingerprint density at radius 2 is 1.27 bits per heavy atom. The van der Waals surface area contributed by atoms with Gasteiger partial charge in [-0.3, -0.25) is 0 Å². The molecule has 0 amide bonds. The number of allylic oxidation sites excluding steroid dienone is 2. The van der Waals surface area contributed by atoms with E-state index < -0.39 is 9.84 Å². The molecule has 0 heterocycles. The van der Waals surface area contributed by atoms with Crippen LogP contribution < -0.4 is 0 Å². The van der Waals surface area contributed by atoms with Crippen molar-refractivity contribution in [1.82, 2.24) is 0 Å². The minimum Gasteiger partial charge on any atom is -0.228 e. The zero-order valence-electron chi connectivity index (χ0n) is 10.2. The largest absolute Gasteiger partial charge is 0.228 e. The maximum Gasteiger partial charge on any atom is 0.157 e. The van der Waals surface area contributed by atoms with Crippen molar-refractivity contribution in [2.24, 2.45) is 0 Å². The highest BCUT2D eigenvalue weighted by molar-refractivity contribution is 7.91. The Kier molecular flexibility index (Phi) is 6.57. The van der Waals surface area contributed by atoms with Gasteiger partial charge in [-0.15, -0.1) is 0 Å². The number of sulfone groups is 1. The third kappa shape index (κ3) is 7.37. The van der Waals surface area contributed by atoms with Crippen molar-refractivity contribution in [1.29, 1.82) is 0 Å². The summed E-state index contributed by atoms with van der Waals surface area (Å²) in [5, 5.41) is 0. The zero-order valence-corrected chi connectivity index (χ0v) is 11.0. The Morgan fingerprint density at radius 3 is 1.53 bits per heavy atom. The van der Waals surface area contributed by atoms with Gasteiger partial charge in [0, 0.05) is 0 Å². The van der Waals surface area contributed by atoms with Crippen LogP contribution in [0, 0.1) is 0 Å². The molecule has 0 radical (unpaired) electrons. The van der Waals surface area contributed by atoms with Crippen LogP contribution in [0.15, 0.2) is 23.3 Å².